The number of hydrazine groups is 1. The Bertz CT molecular complexity index is 2780. The zero-order valence-electron chi connectivity index (χ0n) is 45.1. The number of thiocarbonyl (C=S) groups is 1. The molecule has 6 aliphatic rings. The number of pyridine rings is 1. The van der Waals surface area contributed by atoms with Crippen LogP contribution in [0.1, 0.15) is 89.6 Å². The third-order valence-corrected chi connectivity index (χ3v) is 16.5. The summed E-state index contributed by atoms with van der Waals surface area (Å²) in [5.41, 5.74) is 9.44. The molecule has 0 radical (unpaired) electrons. The highest BCUT2D eigenvalue weighted by Crippen LogP contribution is 2.57. The summed E-state index contributed by atoms with van der Waals surface area (Å²) in [4.78, 5) is 85.2. The smallest absolute Gasteiger partial charge is 0.324 e. The molecule has 20 heteroatoms. The van der Waals surface area contributed by atoms with Gasteiger partial charge in [0.05, 0.1) is 61.1 Å². The van der Waals surface area contributed by atoms with E-state index in [9.17, 15) is 24.0 Å². The van der Waals surface area contributed by atoms with E-state index in [-0.39, 0.29) is 56.4 Å². The number of urea groups is 1. The largest absolute Gasteiger partial charge is 0.464 e. The highest BCUT2D eigenvalue weighted by atomic mass is 32.1. The Balaban J connectivity index is 1.04. The van der Waals surface area contributed by atoms with Crippen molar-refractivity contribution in [3.8, 4) is 11.3 Å². The number of amides is 5. The SMILES string of the molecule is C=CC(=O)N1CCOC2(C1)CN(C(=O)N(C)[C@H](C(=O)NC1CC(=S)N/C(=C\C)c3ccc4c(c3)c3c(n4CC)-c4cc(N5CCN(C)CC5)cnc4[C@@H](OC)C3C(C)(C)COC(=O)[C@@H]3CCCN(N3)C1=O)C(C)C)C2. The molecule has 3 aromatic rings. The van der Waals surface area contributed by atoms with Crippen molar-refractivity contribution in [2.24, 2.45) is 11.3 Å². The zero-order valence-corrected chi connectivity index (χ0v) is 45.9. The van der Waals surface area contributed by atoms with Crippen LogP contribution in [-0.4, -0.2) is 186 Å². The second kappa shape index (κ2) is 21.6. The number of piperazine rings is 1. The highest BCUT2D eigenvalue weighted by Gasteiger charge is 2.52. The molecule has 2 unspecified atom stereocenters. The zero-order chi connectivity index (χ0) is 53.7. The van der Waals surface area contributed by atoms with E-state index < -0.39 is 53.0 Å². The van der Waals surface area contributed by atoms with Crippen molar-refractivity contribution >= 4 is 69.2 Å². The lowest BCUT2D eigenvalue weighted by molar-refractivity contribution is -0.178. The van der Waals surface area contributed by atoms with E-state index in [2.05, 4.69) is 89.1 Å². The molecule has 5 aliphatic heterocycles. The lowest BCUT2D eigenvalue weighted by Gasteiger charge is -2.54. The fraction of sp³-hybridized carbons (Fsp3) is 0.582. The van der Waals surface area contributed by atoms with Crippen molar-refractivity contribution in [3.63, 3.8) is 0 Å². The summed E-state index contributed by atoms with van der Waals surface area (Å²) in [5, 5.41) is 8.86. The molecule has 5 atom stereocenters. The fourth-order valence-corrected chi connectivity index (χ4v) is 12.5. The van der Waals surface area contributed by atoms with Gasteiger partial charge < -0.3 is 53.9 Å². The van der Waals surface area contributed by atoms with Crippen molar-refractivity contribution in [1.29, 1.82) is 0 Å². The van der Waals surface area contributed by atoms with Crippen molar-refractivity contribution in [2.45, 2.75) is 103 Å². The van der Waals surface area contributed by atoms with Crippen molar-refractivity contribution in [1.82, 2.24) is 50.2 Å². The van der Waals surface area contributed by atoms with Crippen LogP contribution in [0.4, 0.5) is 10.5 Å². The number of ether oxygens (including phenoxy) is 3. The number of hydrogen-bond donors (Lipinski definition) is 3. The average molecular weight is 1050 g/mol. The van der Waals surface area contributed by atoms with E-state index in [4.69, 9.17) is 31.4 Å². The molecule has 4 fully saturated rings. The van der Waals surface area contributed by atoms with Crippen molar-refractivity contribution < 1.29 is 38.2 Å². The molecule has 4 saturated heterocycles. The molecule has 404 valence electrons. The summed E-state index contributed by atoms with van der Waals surface area (Å²) in [6, 6.07) is 5.25. The molecule has 75 heavy (non-hydrogen) atoms. The van der Waals surface area contributed by atoms with Crippen molar-refractivity contribution in [3.05, 3.63) is 66.0 Å². The van der Waals surface area contributed by atoms with Gasteiger partial charge in [-0.1, -0.05) is 58.6 Å². The van der Waals surface area contributed by atoms with Crippen LogP contribution in [0, 0.1) is 11.3 Å². The number of nitrogens with zero attached hydrogens (tertiary/aromatic N) is 8. The van der Waals surface area contributed by atoms with Gasteiger partial charge in [0.15, 0.2) is 0 Å². The summed E-state index contributed by atoms with van der Waals surface area (Å²) in [6.07, 6.45) is 5.54. The number of allylic oxidation sites excluding steroid dienone is 1. The van der Waals surface area contributed by atoms with Gasteiger partial charge in [0, 0.05) is 99.9 Å². The molecule has 3 N–H and O–H groups in total. The Morgan fingerprint density at radius 3 is 2.48 bits per heavy atom. The van der Waals surface area contributed by atoms with Gasteiger partial charge in [-0.15, -0.1) is 0 Å². The topological polar surface area (TPSA) is 186 Å². The third kappa shape index (κ3) is 10.3. The molecule has 4 bridgehead atoms. The number of anilines is 1. The van der Waals surface area contributed by atoms with E-state index in [0.717, 1.165) is 76.5 Å². The molecule has 1 aromatic carbocycles. The first-order valence-electron chi connectivity index (χ1n) is 26.5. The molecular weight excluding hydrogens is 975 g/mol. The molecule has 5 amide bonds. The summed E-state index contributed by atoms with van der Waals surface area (Å²) in [6.45, 7) is 21.9. The number of nitrogens with one attached hydrogen (secondary N) is 3. The number of rotatable bonds is 8. The van der Waals surface area contributed by atoms with E-state index >= 15 is 0 Å². The number of benzene rings is 1. The average Bonchev–Trinajstić information content (AvgIpc) is 3.73. The highest BCUT2D eigenvalue weighted by molar-refractivity contribution is 7.80. The van der Waals surface area contributed by atoms with Crippen LogP contribution in [0.3, 0.4) is 0 Å². The number of hydrogen-bond acceptors (Lipinski definition) is 13. The van der Waals surface area contributed by atoms with Crippen LogP contribution in [0.25, 0.3) is 27.9 Å². The number of aromatic nitrogens is 2. The molecule has 1 spiro atoms. The summed E-state index contributed by atoms with van der Waals surface area (Å²) in [7, 11) is 5.45. The number of aryl methyl sites for hydroxylation is 1. The monoisotopic (exact) mass is 1050 g/mol. The van der Waals surface area contributed by atoms with E-state index in [1.165, 1.54) is 16.0 Å². The van der Waals surface area contributed by atoms with Gasteiger partial charge in [-0.05, 0) is 75.1 Å². The van der Waals surface area contributed by atoms with Gasteiger partial charge in [-0.25, -0.2) is 10.2 Å². The molecule has 0 saturated carbocycles. The minimum atomic E-state index is -1.19. The molecule has 1 aliphatic carbocycles. The van der Waals surface area contributed by atoms with E-state index in [0.29, 0.717) is 44.1 Å². The predicted molar refractivity (Wildman–Crippen MR) is 290 cm³/mol. The number of cyclic esters (lactones) is 1. The number of fused-ring (bicyclic) bond motifs is 5. The van der Waals surface area contributed by atoms with Crippen LogP contribution >= 0.6 is 12.2 Å². The fourth-order valence-electron chi connectivity index (χ4n) is 12.3. The van der Waals surface area contributed by atoms with Gasteiger partial charge in [0.1, 0.15) is 29.8 Å². The number of carbonyl (C=O) groups is 5. The van der Waals surface area contributed by atoms with E-state index in [1.807, 2.05) is 33.0 Å². The van der Waals surface area contributed by atoms with E-state index in [1.54, 1.807) is 24.0 Å². The first-order valence-corrected chi connectivity index (χ1v) is 26.9. The number of esters is 1. The third-order valence-electron chi connectivity index (χ3n) is 16.2. The lowest BCUT2D eigenvalue weighted by atomic mass is 9.67. The van der Waals surface area contributed by atoms with Crippen LogP contribution in [0.2, 0.25) is 0 Å². The summed E-state index contributed by atoms with van der Waals surface area (Å²) >= 11 is 6.09. The maximum atomic E-state index is 14.8. The first kappa shape index (κ1) is 53.9. The summed E-state index contributed by atoms with van der Waals surface area (Å²) in [5.74, 6) is -2.40. The number of likely N-dealkylation sites (N-methyl/N-ethyl adjacent to an activating group) is 2. The minimum Gasteiger partial charge on any atom is -0.464 e. The predicted octanol–water partition coefficient (Wildman–Crippen LogP) is 4.67. The maximum Gasteiger partial charge on any atom is 0.324 e. The van der Waals surface area contributed by atoms with Gasteiger partial charge in [0.25, 0.3) is 5.91 Å². The number of carbonyl (C=O) groups excluding carboxylic acids is 5. The molecule has 2 aromatic heterocycles. The number of likely N-dealkylation sites (tertiary alicyclic amines) is 1. The maximum absolute atomic E-state index is 14.8. The molecule has 7 heterocycles. The number of morpholine rings is 1. The van der Waals surface area contributed by atoms with Crippen LogP contribution in [0.15, 0.2) is 49.2 Å². The summed E-state index contributed by atoms with van der Waals surface area (Å²) < 4.78 is 21.3. The van der Waals surface area contributed by atoms with Crippen LogP contribution < -0.4 is 21.0 Å². The second-order valence-electron chi connectivity index (χ2n) is 22.1. The Labute approximate surface area is 445 Å². The first-order chi connectivity index (χ1) is 35.8. The Kier molecular flexibility index (Phi) is 15.5. The van der Waals surface area contributed by atoms with Gasteiger partial charge in [0.2, 0.25) is 11.8 Å². The Morgan fingerprint density at radius 2 is 1.80 bits per heavy atom. The minimum absolute atomic E-state index is 0.0471. The standard InChI is InChI=1S/C55H75N11O8S/c1-11-38-34-16-17-41-36(25-34)44-45(49(72-10)46-37(48(44)65(41)13-3)26-35(28-56-46)62-21-19-60(8)20-22-62)54(6,7)32-73-52(70)39-15-14-18-66(59-39)51(69)40(27-42(75)57-38)58-50(68)47(33(4)5)61(9)53(71)64-30-55(31-64)29-63(23-24-74-55)43(67)12-2/h11-12,16-17,25-26,28,33,39-40,45,47,49,59H,2,13-15,18-24,27,29-32H2,1,3-10H3,(H,57,75)(H,58,68)/b38-11-/t39-,40?,45?,47-,49-/m0/s1. The van der Waals surface area contributed by atoms with Gasteiger partial charge >= 0.3 is 12.0 Å². The Hall–Kier alpha value is -5.93. The van der Waals surface area contributed by atoms with Gasteiger partial charge in [-0.2, -0.15) is 0 Å². The van der Waals surface area contributed by atoms with Crippen LogP contribution in [0.5, 0.6) is 0 Å². The van der Waals surface area contributed by atoms with Crippen molar-refractivity contribution in [2.75, 3.05) is 98.2 Å². The number of methoxy groups -OCH3 is 1. The normalized spacial score (nSPS) is 25.0. The van der Waals surface area contributed by atoms with Gasteiger partial charge in [-0.3, -0.25) is 29.2 Å². The quantitative estimate of drug-likeness (QED) is 0.161. The van der Waals surface area contributed by atoms with Crippen LogP contribution in [-0.2, 0) is 39.9 Å². The second-order valence-corrected chi connectivity index (χ2v) is 22.6. The lowest BCUT2D eigenvalue weighted by Crippen LogP contribution is -2.73. The molecule has 19 nitrogen and oxygen atoms in total. The molecular formula is C55H75N11O8S. The molecule has 9 rings (SSSR count). The Morgan fingerprint density at radius 1 is 1.07 bits per heavy atom.